The van der Waals surface area contributed by atoms with Crippen molar-refractivity contribution < 1.29 is 0 Å². The Kier molecular flexibility index (Phi) is 3.82. The monoisotopic (exact) mass is 384 g/mol. The number of aromatic amines is 1. The fourth-order valence-electron chi connectivity index (χ4n) is 4.38. The van der Waals surface area contributed by atoms with E-state index >= 15 is 0 Å². The van der Waals surface area contributed by atoms with Gasteiger partial charge in [-0.3, -0.25) is 0 Å². The molecule has 0 fully saturated rings. The molecule has 2 heteroatoms. The van der Waals surface area contributed by atoms with Crippen molar-refractivity contribution in [2.75, 3.05) is 5.32 Å². The van der Waals surface area contributed by atoms with Crippen LogP contribution < -0.4 is 5.32 Å². The van der Waals surface area contributed by atoms with Gasteiger partial charge in [0.1, 0.15) is 0 Å². The zero-order chi connectivity index (χ0) is 19.9. The van der Waals surface area contributed by atoms with Crippen LogP contribution in [0.5, 0.6) is 0 Å². The van der Waals surface area contributed by atoms with Crippen LogP contribution in [0.4, 0.5) is 11.4 Å². The average Bonchev–Trinajstić information content (AvgIpc) is 3.19. The van der Waals surface area contributed by atoms with Crippen LogP contribution >= 0.6 is 0 Å². The molecule has 0 aliphatic carbocycles. The third kappa shape index (κ3) is 2.66. The van der Waals surface area contributed by atoms with Crippen molar-refractivity contribution in [1.82, 2.24) is 4.98 Å². The molecule has 142 valence electrons. The molecule has 2 N–H and O–H groups in total. The highest BCUT2D eigenvalue weighted by Crippen LogP contribution is 2.40. The van der Waals surface area contributed by atoms with Crippen LogP contribution in [-0.4, -0.2) is 4.98 Å². The maximum absolute atomic E-state index is 3.79. The van der Waals surface area contributed by atoms with Gasteiger partial charge in [-0.05, 0) is 23.1 Å². The van der Waals surface area contributed by atoms with Gasteiger partial charge in [0.05, 0.1) is 11.2 Å². The lowest BCUT2D eigenvalue weighted by atomic mass is 10.00. The third-order valence-corrected chi connectivity index (χ3v) is 5.82. The third-order valence-electron chi connectivity index (χ3n) is 5.82. The molecule has 30 heavy (non-hydrogen) atoms. The Morgan fingerprint density at radius 2 is 1.27 bits per heavy atom. The second-order valence-corrected chi connectivity index (χ2v) is 7.60. The van der Waals surface area contributed by atoms with Gasteiger partial charge in [-0.2, -0.15) is 0 Å². The first-order chi connectivity index (χ1) is 14.9. The predicted octanol–water partition coefficient (Wildman–Crippen LogP) is 7.88. The van der Waals surface area contributed by atoms with Crippen LogP contribution in [0.3, 0.4) is 0 Å². The van der Waals surface area contributed by atoms with Gasteiger partial charge in [0.15, 0.2) is 0 Å². The highest BCUT2D eigenvalue weighted by atomic mass is 14.9. The van der Waals surface area contributed by atoms with Crippen LogP contribution in [0.25, 0.3) is 43.7 Å². The fourth-order valence-corrected chi connectivity index (χ4v) is 4.38. The summed E-state index contributed by atoms with van der Waals surface area (Å²) in [5.74, 6) is 0. The zero-order valence-electron chi connectivity index (χ0n) is 16.4. The minimum Gasteiger partial charge on any atom is -0.353 e. The lowest BCUT2D eigenvalue weighted by molar-refractivity contribution is 1.51. The van der Waals surface area contributed by atoms with Crippen molar-refractivity contribution in [1.29, 1.82) is 0 Å². The molecular weight excluding hydrogens is 364 g/mol. The predicted molar refractivity (Wildman–Crippen MR) is 128 cm³/mol. The first-order valence-electron chi connectivity index (χ1n) is 10.2. The summed E-state index contributed by atoms with van der Waals surface area (Å²) < 4.78 is 0. The van der Waals surface area contributed by atoms with E-state index in [2.05, 4.69) is 119 Å². The van der Waals surface area contributed by atoms with Gasteiger partial charge in [0.25, 0.3) is 0 Å². The second kappa shape index (κ2) is 6.78. The van der Waals surface area contributed by atoms with Crippen LogP contribution in [-0.2, 0) is 0 Å². The quantitative estimate of drug-likeness (QED) is 0.319. The highest BCUT2D eigenvalue weighted by molar-refractivity contribution is 6.15. The number of hydrogen-bond acceptors (Lipinski definition) is 1. The van der Waals surface area contributed by atoms with E-state index in [-0.39, 0.29) is 0 Å². The topological polar surface area (TPSA) is 27.8 Å². The molecular formula is C28H20N2. The number of nitrogens with one attached hydrogen (secondary N) is 2. The number of anilines is 2. The standard InChI is InChI=1S/C28H20N2/c1-2-9-20(10-3-1)22-17-18-24-23-14-6-7-15-26(23)30-28(24)27(22)29-25-16-8-12-19-11-4-5-13-21(19)25/h1-18,29-30H. The van der Waals surface area contributed by atoms with Crippen molar-refractivity contribution >= 4 is 44.0 Å². The van der Waals surface area contributed by atoms with Gasteiger partial charge in [-0.25, -0.2) is 0 Å². The van der Waals surface area contributed by atoms with E-state index in [1.807, 2.05) is 0 Å². The van der Waals surface area contributed by atoms with Crippen LogP contribution in [0.15, 0.2) is 109 Å². The van der Waals surface area contributed by atoms with E-state index < -0.39 is 0 Å². The van der Waals surface area contributed by atoms with E-state index in [0.29, 0.717) is 0 Å². The SMILES string of the molecule is c1ccc(-c2ccc3c([nH]c4ccccc43)c2Nc2cccc3ccccc23)cc1. The van der Waals surface area contributed by atoms with E-state index in [0.717, 1.165) is 22.4 Å². The summed E-state index contributed by atoms with van der Waals surface area (Å²) in [6.07, 6.45) is 0. The molecule has 0 radical (unpaired) electrons. The normalized spacial score (nSPS) is 11.3. The summed E-state index contributed by atoms with van der Waals surface area (Å²) in [7, 11) is 0. The van der Waals surface area contributed by atoms with Crippen LogP contribution in [0.2, 0.25) is 0 Å². The Bertz CT molecular complexity index is 1500. The molecule has 2 nitrogen and oxygen atoms in total. The van der Waals surface area contributed by atoms with Crippen molar-refractivity contribution in [2.45, 2.75) is 0 Å². The molecule has 1 aromatic heterocycles. The highest BCUT2D eigenvalue weighted by Gasteiger charge is 2.15. The molecule has 0 aliphatic heterocycles. The van der Waals surface area contributed by atoms with Gasteiger partial charge >= 0.3 is 0 Å². The van der Waals surface area contributed by atoms with Crippen molar-refractivity contribution in [3.63, 3.8) is 0 Å². The molecule has 0 spiro atoms. The lowest BCUT2D eigenvalue weighted by Gasteiger charge is -2.16. The molecule has 6 rings (SSSR count). The minimum absolute atomic E-state index is 1.10. The lowest BCUT2D eigenvalue weighted by Crippen LogP contribution is -1.96. The molecule has 0 aliphatic rings. The zero-order valence-corrected chi connectivity index (χ0v) is 16.4. The van der Waals surface area contributed by atoms with Gasteiger partial charge in [-0.1, -0.05) is 97.1 Å². The first-order valence-corrected chi connectivity index (χ1v) is 10.2. The Hall–Kier alpha value is -4.04. The van der Waals surface area contributed by atoms with E-state index in [1.165, 1.54) is 32.7 Å². The average molecular weight is 384 g/mol. The van der Waals surface area contributed by atoms with Crippen molar-refractivity contribution in [3.05, 3.63) is 109 Å². The maximum atomic E-state index is 3.79. The maximum Gasteiger partial charge on any atom is 0.0710 e. The number of rotatable bonds is 3. The van der Waals surface area contributed by atoms with Crippen molar-refractivity contribution in [3.8, 4) is 11.1 Å². The Morgan fingerprint density at radius 1 is 0.533 bits per heavy atom. The molecule has 0 saturated heterocycles. The largest absolute Gasteiger partial charge is 0.353 e. The summed E-state index contributed by atoms with van der Waals surface area (Å²) in [5.41, 5.74) is 6.87. The summed E-state index contributed by atoms with van der Waals surface area (Å²) >= 11 is 0. The Balaban J connectivity index is 1.65. The van der Waals surface area contributed by atoms with Gasteiger partial charge in [-0.15, -0.1) is 0 Å². The number of H-pyrrole nitrogens is 1. The number of fused-ring (bicyclic) bond motifs is 4. The molecule has 0 amide bonds. The first kappa shape index (κ1) is 16.9. The summed E-state index contributed by atoms with van der Waals surface area (Å²) in [6.45, 7) is 0. The smallest absolute Gasteiger partial charge is 0.0710 e. The summed E-state index contributed by atoms with van der Waals surface area (Å²) in [4.78, 5) is 3.66. The van der Waals surface area contributed by atoms with Crippen LogP contribution in [0, 0.1) is 0 Å². The molecule has 0 bridgehead atoms. The minimum atomic E-state index is 1.10. The Morgan fingerprint density at radius 3 is 2.17 bits per heavy atom. The van der Waals surface area contributed by atoms with Gasteiger partial charge < -0.3 is 10.3 Å². The Labute approximate surface area is 174 Å². The van der Waals surface area contributed by atoms with E-state index in [9.17, 15) is 0 Å². The molecule has 0 saturated carbocycles. The number of hydrogen-bond donors (Lipinski definition) is 2. The number of aromatic nitrogens is 1. The molecule has 5 aromatic carbocycles. The van der Waals surface area contributed by atoms with Gasteiger partial charge in [0, 0.05) is 32.9 Å². The number of para-hydroxylation sites is 1. The van der Waals surface area contributed by atoms with Gasteiger partial charge in [0.2, 0.25) is 0 Å². The molecule has 0 unspecified atom stereocenters. The van der Waals surface area contributed by atoms with Crippen LogP contribution in [0.1, 0.15) is 0 Å². The molecule has 0 atom stereocenters. The fraction of sp³-hybridized carbons (Fsp3) is 0. The van der Waals surface area contributed by atoms with Crippen molar-refractivity contribution in [2.24, 2.45) is 0 Å². The number of benzene rings is 5. The molecule has 6 aromatic rings. The van der Waals surface area contributed by atoms with E-state index in [4.69, 9.17) is 0 Å². The van der Waals surface area contributed by atoms with E-state index in [1.54, 1.807) is 0 Å². The summed E-state index contributed by atoms with van der Waals surface area (Å²) in [6, 6.07) is 38.4. The second-order valence-electron chi connectivity index (χ2n) is 7.60. The summed E-state index contributed by atoms with van der Waals surface area (Å²) in [5, 5.41) is 8.70. The molecule has 1 heterocycles.